The first-order valence-corrected chi connectivity index (χ1v) is 6.09. The number of hydrogen-bond donors (Lipinski definition) is 2. The third kappa shape index (κ3) is 3.14. The molecule has 0 fully saturated rings. The molecule has 6 heteroatoms. The molecule has 20 heavy (non-hydrogen) atoms. The molecule has 6 nitrogen and oxygen atoms in total. The fourth-order valence-electron chi connectivity index (χ4n) is 1.51. The number of hydrogen-bond acceptors (Lipinski definition) is 6. The van der Waals surface area contributed by atoms with Crippen LogP contribution in [-0.4, -0.2) is 16.3 Å². The van der Waals surface area contributed by atoms with Crippen LogP contribution in [0, 0.1) is 11.3 Å². The molecule has 2 rings (SSSR count). The Balaban J connectivity index is 2.13. The van der Waals surface area contributed by atoms with E-state index in [1.807, 2.05) is 19.9 Å². The van der Waals surface area contributed by atoms with Crippen molar-refractivity contribution in [3.63, 3.8) is 0 Å². The van der Waals surface area contributed by atoms with Gasteiger partial charge in [0.25, 0.3) is 5.88 Å². The van der Waals surface area contributed by atoms with E-state index in [1.165, 1.54) is 6.21 Å². The number of hydrazone groups is 1. The standard InChI is InChI=1S/C14H14N4O2/c1-9(2)13-17-12(7-15)14(20-13)18-16-8-10-4-3-5-11(19)6-10/h3-6,8-9,18-19H,1-2H3/b16-8+. The second kappa shape index (κ2) is 5.89. The summed E-state index contributed by atoms with van der Waals surface area (Å²) in [5, 5.41) is 22.3. The van der Waals surface area contributed by atoms with Crippen molar-refractivity contribution in [2.24, 2.45) is 5.10 Å². The molecular formula is C14H14N4O2. The van der Waals surface area contributed by atoms with E-state index in [1.54, 1.807) is 24.3 Å². The fourth-order valence-corrected chi connectivity index (χ4v) is 1.51. The molecule has 2 aromatic rings. The summed E-state index contributed by atoms with van der Waals surface area (Å²) >= 11 is 0. The molecule has 1 aromatic heterocycles. The number of phenols is 1. The average Bonchev–Trinajstić information content (AvgIpc) is 2.82. The lowest BCUT2D eigenvalue weighted by Crippen LogP contribution is -1.91. The van der Waals surface area contributed by atoms with E-state index in [9.17, 15) is 5.11 Å². The topological polar surface area (TPSA) is 94.4 Å². The average molecular weight is 270 g/mol. The zero-order valence-corrected chi connectivity index (χ0v) is 11.2. The van der Waals surface area contributed by atoms with Crippen LogP contribution >= 0.6 is 0 Å². The molecule has 0 radical (unpaired) electrons. The van der Waals surface area contributed by atoms with Gasteiger partial charge in [-0.05, 0) is 17.7 Å². The van der Waals surface area contributed by atoms with Gasteiger partial charge in [0, 0.05) is 5.92 Å². The first-order valence-electron chi connectivity index (χ1n) is 6.09. The van der Waals surface area contributed by atoms with E-state index in [-0.39, 0.29) is 23.2 Å². The van der Waals surface area contributed by atoms with Gasteiger partial charge in [-0.15, -0.1) is 0 Å². The molecular weight excluding hydrogens is 256 g/mol. The van der Waals surface area contributed by atoms with Crippen molar-refractivity contribution in [3.8, 4) is 11.8 Å². The third-order valence-corrected chi connectivity index (χ3v) is 2.49. The summed E-state index contributed by atoms with van der Waals surface area (Å²) in [5.41, 5.74) is 3.53. The van der Waals surface area contributed by atoms with Crippen molar-refractivity contribution in [1.29, 1.82) is 5.26 Å². The van der Waals surface area contributed by atoms with Gasteiger partial charge in [-0.2, -0.15) is 10.4 Å². The van der Waals surface area contributed by atoms with Crippen molar-refractivity contribution in [2.45, 2.75) is 19.8 Å². The van der Waals surface area contributed by atoms with Crippen LogP contribution in [-0.2, 0) is 0 Å². The van der Waals surface area contributed by atoms with Crippen LogP contribution in [0.25, 0.3) is 0 Å². The number of nitrogens with zero attached hydrogens (tertiary/aromatic N) is 3. The number of nitrogens with one attached hydrogen (secondary N) is 1. The van der Waals surface area contributed by atoms with E-state index in [2.05, 4.69) is 15.5 Å². The second-order valence-electron chi connectivity index (χ2n) is 4.46. The van der Waals surface area contributed by atoms with Crippen molar-refractivity contribution in [2.75, 3.05) is 5.43 Å². The number of aromatic hydroxyl groups is 1. The maximum Gasteiger partial charge on any atom is 0.252 e. The number of benzene rings is 1. The van der Waals surface area contributed by atoms with E-state index < -0.39 is 0 Å². The summed E-state index contributed by atoms with van der Waals surface area (Å²) in [6.07, 6.45) is 1.51. The minimum absolute atomic E-state index is 0.0905. The summed E-state index contributed by atoms with van der Waals surface area (Å²) in [5.74, 6) is 0.949. The maximum atomic E-state index is 9.32. The van der Waals surface area contributed by atoms with Gasteiger partial charge in [0.1, 0.15) is 11.8 Å². The lowest BCUT2D eigenvalue weighted by molar-refractivity contribution is 0.475. The molecule has 0 spiro atoms. The normalized spacial score (nSPS) is 10.9. The molecule has 102 valence electrons. The van der Waals surface area contributed by atoms with Crippen LogP contribution in [0.2, 0.25) is 0 Å². The number of nitriles is 1. The highest BCUT2D eigenvalue weighted by molar-refractivity contribution is 5.80. The van der Waals surface area contributed by atoms with Gasteiger partial charge in [-0.25, -0.2) is 10.4 Å². The van der Waals surface area contributed by atoms with E-state index >= 15 is 0 Å². The molecule has 0 aliphatic carbocycles. The molecule has 0 atom stereocenters. The van der Waals surface area contributed by atoms with Gasteiger partial charge in [0.2, 0.25) is 11.6 Å². The Morgan fingerprint density at radius 2 is 2.30 bits per heavy atom. The smallest absolute Gasteiger partial charge is 0.252 e. The monoisotopic (exact) mass is 270 g/mol. The van der Waals surface area contributed by atoms with Crippen LogP contribution in [0.5, 0.6) is 5.75 Å². The highest BCUT2D eigenvalue weighted by atomic mass is 16.4. The van der Waals surface area contributed by atoms with E-state index in [4.69, 9.17) is 9.68 Å². The highest BCUT2D eigenvalue weighted by Crippen LogP contribution is 2.22. The highest BCUT2D eigenvalue weighted by Gasteiger charge is 2.14. The predicted octanol–water partition coefficient (Wildman–Crippen LogP) is 2.82. The molecule has 2 N–H and O–H groups in total. The molecule has 0 amide bonds. The lowest BCUT2D eigenvalue weighted by atomic mass is 10.2. The Morgan fingerprint density at radius 1 is 1.50 bits per heavy atom. The van der Waals surface area contributed by atoms with E-state index in [0.717, 1.165) is 5.56 Å². The third-order valence-electron chi connectivity index (χ3n) is 2.49. The van der Waals surface area contributed by atoms with Crippen molar-refractivity contribution < 1.29 is 9.52 Å². The summed E-state index contributed by atoms with van der Waals surface area (Å²) in [7, 11) is 0. The van der Waals surface area contributed by atoms with Crippen molar-refractivity contribution >= 4 is 12.1 Å². The molecule has 0 saturated heterocycles. The first kappa shape index (κ1) is 13.6. The largest absolute Gasteiger partial charge is 0.508 e. The Morgan fingerprint density at radius 3 is 2.95 bits per heavy atom. The number of phenolic OH excluding ortho intramolecular Hbond substituents is 1. The van der Waals surface area contributed by atoms with Crippen LogP contribution in [0.15, 0.2) is 33.8 Å². The van der Waals surface area contributed by atoms with Crippen LogP contribution < -0.4 is 5.43 Å². The van der Waals surface area contributed by atoms with Gasteiger partial charge >= 0.3 is 0 Å². The van der Waals surface area contributed by atoms with Gasteiger partial charge in [0.05, 0.1) is 6.21 Å². The Kier molecular flexibility index (Phi) is 4.01. The lowest BCUT2D eigenvalue weighted by Gasteiger charge is -1.97. The van der Waals surface area contributed by atoms with Gasteiger partial charge < -0.3 is 9.52 Å². The summed E-state index contributed by atoms with van der Waals surface area (Å²) in [6.45, 7) is 3.85. The Hall–Kier alpha value is -2.81. The molecule has 1 heterocycles. The quantitative estimate of drug-likeness (QED) is 0.658. The molecule has 0 unspecified atom stereocenters. The fraction of sp³-hybridized carbons (Fsp3) is 0.214. The zero-order valence-electron chi connectivity index (χ0n) is 11.2. The first-order chi connectivity index (χ1) is 9.60. The van der Waals surface area contributed by atoms with Gasteiger partial charge in [0.15, 0.2) is 0 Å². The second-order valence-corrected chi connectivity index (χ2v) is 4.46. The maximum absolute atomic E-state index is 9.32. The Labute approximate surface area is 116 Å². The molecule has 0 bridgehead atoms. The minimum Gasteiger partial charge on any atom is -0.508 e. The molecule has 0 aliphatic rings. The summed E-state index contributed by atoms with van der Waals surface area (Å²) < 4.78 is 5.42. The number of aromatic nitrogens is 1. The van der Waals surface area contributed by atoms with Gasteiger partial charge in [-0.3, -0.25) is 0 Å². The molecule has 0 aliphatic heterocycles. The SMILES string of the molecule is CC(C)c1nc(C#N)c(N/N=C/c2cccc(O)c2)o1. The van der Waals surface area contributed by atoms with E-state index in [0.29, 0.717) is 5.89 Å². The van der Waals surface area contributed by atoms with Crippen LogP contribution in [0.4, 0.5) is 5.88 Å². The molecule has 1 aromatic carbocycles. The number of rotatable bonds is 4. The molecule has 0 saturated carbocycles. The van der Waals surface area contributed by atoms with Crippen LogP contribution in [0.1, 0.15) is 36.9 Å². The number of oxazole rings is 1. The zero-order chi connectivity index (χ0) is 14.5. The predicted molar refractivity (Wildman–Crippen MR) is 74.6 cm³/mol. The summed E-state index contributed by atoms with van der Waals surface area (Å²) in [4.78, 5) is 4.06. The number of anilines is 1. The van der Waals surface area contributed by atoms with Gasteiger partial charge in [-0.1, -0.05) is 26.0 Å². The summed E-state index contributed by atoms with van der Waals surface area (Å²) in [6, 6.07) is 8.59. The minimum atomic E-state index is 0.0905. The van der Waals surface area contributed by atoms with Crippen molar-refractivity contribution in [3.05, 3.63) is 41.4 Å². The van der Waals surface area contributed by atoms with Crippen molar-refractivity contribution in [1.82, 2.24) is 4.98 Å². The Bertz CT molecular complexity index is 668. The van der Waals surface area contributed by atoms with Crippen LogP contribution in [0.3, 0.4) is 0 Å².